The van der Waals surface area contributed by atoms with Crippen molar-refractivity contribution in [2.75, 3.05) is 6.54 Å². The van der Waals surface area contributed by atoms with Gasteiger partial charge in [-0.15, -0.1) is 0 Å². The van der Waals surface area contributed by atoms with Gasteiger partial charge in [0.15, 0.2) is 4.77 Å². The Kier molecular flexibility index (Phi) is 5.07. The number of hydrogen-bond donors (Lipinski definition) is 2. The molecule has 0 bridgehead atoms. The minimum atomic E-state index is 0.0168. The highest BCUT2D eigenvalue weighted by Gasteiger charge is 2.09. The van der Waals surface area contributed by atoms with E-state index in [-0.39, 0.29) is 5.91 Å². The van der Waals surface area contributed by atoms with Crippen LogP contribution in [-0.4, -0.2) is 22.0 Å². The maximum absolute atomic E-state index is 11.6. The molecule has 0 saturated heterocycles. The number of halogens is 2. The number of benzene rings is 1. The predicted octanol–water partition coefficient (Wildman–Crippen LogP) is 3.92. The van der Waals surface area contributed by atoms with E-state index in [9.17, 15) is 4.79 Å². The molecule has 0 atom stereocenters. The van der Waals surface area contributed by atoms with Crippen molar-refractivity contribution in [3.05, 3.63) is 26.9 Å². The van der Waals surface area contributed by atoms with Crippen molar-refractivity contribution in [2.45, 2.75) is 26.3 Å². The number of nitrogens with zero attached hydrogens (tertiary/aromatic N) is 1. The Morgan fingerprint density at radius 3 is 2.80 bits per heavy atom. The maximum Gasteiger partial charge on any atom is 0.221 e. The van der Waals surface area contributed by atoms with Gasteiger partial charge in [0.05, 0.1) is 21.1 Å². The lowest BCUT2D eigenvalue weighted by atomic mass is 10.3. The monoisotopic (exact) mass is 331 g/mol. The smallest absolute Gasteiger partial charge is 0.221 e. The number of carbonyl (C=O) groups is 1. The van der Waals surface area contributed by atoms with Crippen molar-refractivity contribution in [1.82, 2.24) is 14.9 Å². The summed E-state index contributed by atoms with van der Waals surface area (Å²) in [4.78, 5) is 14.7. The van der Waals surface area contributed by atoms with Crippen LogP contribution in [0.3, 0.4) is 0 Å². The summed E-state index contributed by atoms with van der Waals surface area (Å²) >= 11 is 17.3. The Morgan fingerprint density at radius 2 is 2.10 bits per heavy atom. The number of fused-ring (bicyclic) bond motifs is 1. The van der Waals surface area contributed by atoms with Gasteiger partial charge in [0.1, 0.15) is 0 Å². The number of amides is 1. The molecule has 0 aliphatic rings. The second-order valence-corrected chi connectivity index (χ2v) is 5.67. The zero-order valence-corrected chi connectivity index (χ0v) is 13.3. The third-order valence-corrected chi connectivity index (χ3v) is 4.00. The molecule has 7 heteroatoms. The summed E-state index contributed by atoms with van der Waals surface area (Å²) in [5.74, 6) is 0.0168. The first-order chi connectivity index (χ1) is 9.52. The summed E-state index contributed by atoms with van der Waals surface area (Å²) < 4.78 is 2.42. The molecule has 0 aliphatic carbocycles. The molecule has 0 saturated carbocycles. The van der Waals surface area contributed by atoms with E-state index in [4.69, 9.17) is 35.4 Å². The fourth-order valence-electron chi connectivity index (χ4n) is 1.94. The van der Waals surface area contributed by atoms with Crippen LogP contribution in [0.4, 0.5) is 0 Å². The van der Waals surface area contributed by atoms with Gasteiger partial charge in [-0.25, -0.2) is 0 Å². The number of aryl methyl sites for hydroxylation is 1. The minimum absolute atomic E-state index is 0.0168. The molecule has 4 nitrogen and oxygen atoms in total. The van der Waals surface area contributed by atoms with Crippen molar-refractivity contribution in [3.63, 3.8) is 0 Å². The van der Waals surface area contributed by atoms with Gasteiger partial charge in [-0.1, -0.05) is 30.1 Å². The summed E-state index contributed by atoms with van der Waals surface area (Å²) in [5.41, 5.74) is 1.67. The SMILES string of the molecule is CCCNC(=O)CCn1c(=S)[nH]c2cc(Cl)c(Cl)cc21. The highest BCUT2D eigenvalue weighted by atomic mass is 35.5. The van der Waals surface area contributed by atoms with Crippen molar-refractivity contribution < 1.29 is 4.79 Å². The van der Waals surface area contributed by atoms with Crippen molar-refractivity contribution in [3.8, 4) is 0 Å². The number of aromatic amines is 1. The molecule has 0 aliphatic heterocycles. The Hall–Kier alpha value is -1.04. The van der Waals surface area contributed by atoms with Gasteiger partial charge in [0.25, 0.3) is 0 Å². The van der Waals surface area contributed by atoms with E-state index >= 15 is 0 Å². The quantitative estimate of drug-likeness (QED) is 0.816. The van der Waals surface area contributed by atoms with E-state index in [1.807, 2.05) is 11.5 Å². The third-order valence-electron chi connectivity index (χ3n) is 2.95. The molecule has 0 radical (unpaired) electrons. The van der Waals surface area contributed by atoms with E-state index in [1.165, 1.54) is 0 Å². The van der Waals surface area contributed by atoms with Crippen molar-refractivity contribution in [1.29, 1.82) is 0 Å². The maximum atomic E-state index is 11.6. The summed E-state index contributed by atoms with van der Waals surface area (Å²) in [6.07, 6.45) is 1.30. The van der Waals surface area contributed by atoms with Crippen LogP contribution in [0.1, 0.15) is 19.8 Å². The highest BCUT2D eigenvalue weighted by Crippen LogP contribution is 2.27. The molecule has 0 spiro atoms. The molecule has 2 aromatic rings. The van der Waals surface area contributed by atoms with Crippen molar-refractivity contribution >= 4 is 52.4 Å². The van der Waals surface area contributed by atoms with Crippen LogP contribution in [0.5, 0.6) is 0 Å². The highest BCUT2D eigenvalue weighted by molar-refractivity contribution is 7.71. The fraction of sp³-hybridized carbons (Fsp3) is 0.385. The zero-order valence-electron chi connectivity index (χ0n) is 11.0. The molecular weight excluding hydrogens is 317 g/mol. The van der Waals surface area contributed by atoms with Gasteiger partial charge in [-0.3, -0.25) is 4.79 Å². The average molecular weight is 332 g/mol. The Balaban J connectivity index is 2.22. The molecule has 20 heavy (non-hydrogen) atoms. The number of hydrogen-bond acceptors (Lipinski definition) is 2. The van der Waals surface area contributed by atoms with Gasteiger partial charge in [-0.05, 0) is 30.8 Å². The van der Waals surface area contributed by atoms with E-state index in [2.05, 4.69) is 10.3 Å². The molecule has 1 aromatic heterocycles. The van der Waals surface area contributed by atoms with Crippen molar-refractivity contribution in [2.24, 2.45) is 0 Å². The number of carbonyl (C=O) groups excluding carboxylic acids is 1. The van der Waals surface area contributed by atoms with E-state index in [0.717, 1.165) is 17.5 Å². The standard InChI is InChI=1S/C13H15Cl2N3OS/c1-2-4-16-12(19)3-5-18-11-7-9(15)8(14)6-10(11)17-13(18)20/h6-7H,2-5H2,1H3,(H,16,19)(H,17,20). The number of aromatic nitrogens is 2. The summed E-state index contributed by atoms with van der Waals surface area (Å²) in [5, 5.41) is 3.78. The minimum Gasteiger partial charge on any atom is -0.356 e. The lowest BCUT2D eigenvalue weighted by Gasteiger charge is -2.06. The molecule has 1 amide bonds. The van der Waals surface area contributed by atoms with E-state index in [0.29, 0.717) is 34.3 Å². The topological polar surface area (TPSA) is 49.8 Å². The van der Waals surface area contributed by atoms with Crippen LogP contribution >= 0.6 is 35.4 Å². The second kappa shape index (κ2) is 6.61. The first kappa shape index (κ1) is 15.4. The van der Waals surface area contributed by atoms with Crippen LogP contribution in [0.2, 0.25) is 10.0 Å². The lowest BCUT2D eigenvalue weighted by molar-refractivity contribution is -0.121. The van der Waals surface area contributed by atoms with Crippen LogP contribution < -0.4 is 5.32 Å². The number of nitrogens with one attached hydrogen (secondary N) is 2. The predicted molar refractivity (Wildman–Crippen MR) is 85.1 cm³/mol. The first-order valence-electron chi connectivity index (χ1n) is 6.37. The molecule has 1 heterocycles. The molecule has 2 N–H and O–H groups in total. The van der Waals surface area contributed by atoms with Crippen LogP contribution in [0.25, 0.3) is 11.0 Å². The van der Waals surface area contributed by atoms with Gasteiger partial charge < -0.3 is 14.9 Å². The molecule has 1 aromatic carbocycles. The Bertz CT molecular complexity index is 693. The van der Waals surface area contributed by atoms with E-state index < -0.39 is 0 Å². The third kappa shape index (κ3) is 3.34. The second-order valence-electron chi connectivity index (χ2n) is 4.47. The Morgan fingerprint density at radius 1 is 1.40 bits per heavy atom. The van der Waals surface area contributed by atoms with Gasteiger partial charge in [-0.2, -0.15) is 0 Å². The van der Waals surface area contributed by atoms with Crippen LogP contribution in [0, 0.1) is 4.77 Å². The normalized spacial score (nSPS) is 10.9. The van der Waals surface area contributed by atoms with Crippen LogP contribution in [-0.2, 0) is 11.3 Å². The summed E-state index contributed by atoms with van der Waals surface area (Å²) in [7, 11) is 0. The van der Waals surface area contributed by atoms with Gasteiger partial charge in [0.2, 0.25) is 5.91 Å². The van der Waals surface area contributed by atoms with Crippen LogP contribution in [0.15, 0.2) is 12.1 Å². The molecule has 2 rings (SSSR count). The van der Waals surface area contributed by atoms with Gasteiger partial charge in [0, 0.05) is 19.5 Å². The number of H-pyrrole nitrogens is 1. The summed E-state index contributed by atoms with van der Waals surface area (Å²) in [6.45, 7) is 3.22. The zero-order chi connectivity index (χ0) is 14.7. The summed E-state index contributed by atoms with van der Waals surface area (Å²) in [6, 6.07) is 3.50. The molecule has 108 valence electrons. The van der Waals surface area contributed by atoms with E-state index in [1.54, 1.807) is 12.1 Å². The number of rotatable bonds is 5. The first-order valence-corrected chi connectivity index (χ1v) is 7.53. The Labute approximate surface area is 132 Å². The molecular formula is C13H15Cl2N3OS. The fourth-order valence-corrected chi connectivity index (χ4v) is 2.56. The number of imidazole rings is 1. The molecule has 0 fully saturated rings. The average Bonchev–Trinajstić information content (AvgIpc) is 2.70. The lowest BCUT2D eigenvalue weighted by Crippen LogP contribution is -2.25. The molecule has 0 unspecified atom stereocenters. The largest absolute Gasteiger partial charge is 0.356 e. The van der Waals surface area contributed by atoms with Gasteiger partial charge >= 0.3 is 0 Å².